The van der Waals surface area contributed by atoms with Gasteiger partial charge < -0.3 is 0 Å². The third kappa shape index (κ3) is 4.15. The number of hydrogen-bond acceptors (Lipinski definition) is 3. The van der Waals surface area contributed by atoms with E-state index in [1.165, 1.54) is 9.65 Å². The van der Waals surface area contributed by atoms with Crippen molar-refractivity contribution in [3.05, 3.63) is 108 Å². The minimum Gasteiger partial charge on any atom is -0.199 e. The van der Waals surface area contributed by atoms with Gasteiger partial charge in [-0.05, 0) is 43.5 Å². The standard InChI is InChI=1S/C24H22N2O2S/c1-19-12-16-23(17-13-19)29(27,28)26-24(21-10-6-3-7-11-21)18-22(25-26)15-14-20-8-4-2-5-9-20/h2-13,16-18H,14-15H2,1H3. The van der Waals surface area contributed by atoms with Crippen molar-refractivity contribution in [2.45, 2.75) is 24.7 Å². The number of benzene rings is 3. The molecule has 0 unspecified atom stereocenters. The molecule has 0 spiro atoms. The van der Waals surface area contributed by atoms with Crippen molar-refractivity contribution in [1.82, 2.24) is 9.19 Å². The summed E-state index contributed by atoms with van der Waals surface area (Å²) in [7, 11) is -3.79. The summed E-state index contributed by atoms with van der Waals surface area (Å²) in [6.07, 6.45) is 1.47. The summed E-state index contributed by atoms with van der Waals surface area (Å²) in [5, 5.41) is 4.50. The van der Waals surface area contributed by atoms with E-state index in [9.17, 15) is 8.42 Å². The van der Waals surface area contributed by atoms with Crippen LogP contribution in [0.2, 0.25) is 0 Å². The van der Waals surface area contributed by atoms with Gasteiger partial charge in [0.1, 0.15) is 0 Å². The summed E-state index contributed by atoms with van der Waals surface area (Å²) in [6, 6.07) is 28.4. The first-order chi connectivity index (χ1) is 14.0. The van der Waals surface area contributed by atoms with E-state index in [0.29, 0.717) is 12.1 Å². The van der Waals surface area contributed by atoms with Crippen LogP contribution in [0.5, 0.6) is 0 Å². The van der Waals surface area contributed by atoms with E-state index in [1.54, 1.807) is 24.3 Å². The lowest BCUT2D eigenvalue weighted by Crippen LogP contribution is -2.16. The molecule has 4 nitrogen and oxygen atoms in total. The molecule has 0 aliphatic carbocycles. The van der Waals surface area contributed by atoms with E-state index in [-0.39, 0.29) is 4.90 Å². The van der Waals surface area contributed by atoms with Crippen molar-refractivity contribution < 1.29 is 8.42 Å². The highest BCUT2D eigenvalue weighted by molar-refractivity contribution is 7.90. The van der Waals surface area contributed by atoms with E-state index < -0.39 is 10.0 Å². The van der Waals surface area contributed by atoms with Gasteiger partial charge in [0.05, 0.1) is 16.3 Å². The fourth-order valence-electron chi connectivity index (χ4n) is 3.25. The zero-order valence-electron chi connectivity index (χ0n) is 16.2. The highest BCUT2D eigenvalue weighted by Gasteiger charge is 2.23. The fraction of sp³-hybridized carbons (Fsp3) is 0.125. The van der Waals surface area contributed by atoms with E-state index in [1.807, 2.05) is 61.5 Å². The first-order valence-corrected chi connectivity index (χ1v) is 11.0. The normalized spacial score (nSPS) is 11.5. The zero-order chi connectivity index (χ0) is 20.3. The minimum absolute atomic E-state index is 0.234. The van der Waals surface area contributed by atoms with Crippen molar-refractivity contribution in [2.24, 2.45) is 0 Å². The van der Waals surface area contributed by atoms with Crippen LogP contribution in [-0.4, -0.2) is 17.6 Å². The molecule has 0 bridgehead atoms. The largest absolute Gasteiger partial charge is 0.283 e. The Labute approximate surface area is 171 Å². The summed E-state index contributed by atoms with van der Waals surface area (Å²) in [5.41, 5.74) is 4.36. The molecule has 0 saturated carbocycles. The predicted molar refractivity (Wildman–Crippen MR) is 115 cm³/mol. The second-order valence-corrected chi connectivity index (χ2v) is 8.80. The average Bonchev–Trinajstić information content (AvgIpc) is 3.19. The van der Waals surface area contributed by atoms with Crippen LogP contribution in [0.3, 0.4) is 0 Å². The maximum absolute atomic E-state index is 13.3. The maximum atomic E-state index is 13.3. The molecule has 0 radical (unpaired) electrons. The molecule has 3 aromatic carbocycles. The van der Waals surface area contributed by atoms with E-state index >= 15 is 0 Å². The third-order valence-corrected chi connectivity index (χ3v) is 6.46. The number of aromatic nitrogens is 2. The van der Waals surface area contributed by atoms with Gasteiger partial charge in [-0.25, -0.2) is 0 Å². The molecule has 0 saturated heterocycles. The van der Waals surface area contributed by atoms with Crippen molar-refractivity contribution in [2.75, 3.05) is 0 Å². The van der Waals surface area contributed by atoms with Crippen LogP contribution in [0.25, 0.3) is 11.3 Å². The Bertz CT molecular complexity index is 1200. The SMILES string of the molecule is Cc1ccc(S(=O)(=O)n2nc(CCc3ccccc3)cc2-c2ccccc2)cc1. The van der Waals surface area contributed by atoms with Gasteiger partial charge in [0.15, 0.2) is 0 Å². The van der Waals surface area contributed by atoms with Crippen LogP contribution in [0.4, 0.5) is 0 Å². The van der Waals surface area contributed by atoms with Crippen LogP contribution in [0.15, 0.2) is 95.9 Å². The number of rotatable bonds is 6. The quantitative estimate of drug-likeness (QED) is 0.462. The molecule has 4 aromatic rings. The monoisotopic (exact) mass is 402 g/mol. The number of nitrogens with zero attached hydrogens (tertiary/aromatic N) is 2. The molecule has 146 valence electrons. The second kappa shape index (κ2) is 8.05. The second-order valence-electron chi connectivity index (χ2n) is 7.03. The first kappa shape index (κ1) is 19.2. The van der Waals surface area contributed by atoms with Gasteiger partial charge in [-0.1, -0.05) is 78.4 Å². The third-order valence-electron chi connectivity index (χ3n) is 4.86. The smallest absolute Gasteiger partial charge is 0.199 e. The molecule has 0 aliphatic rings. The van der Waals surface area contributed by atoms with E-state index in [2.05, 4.69) is 17.2 Å². The number of aryl methyl sites for hydroxylation is 3. The molecule has 1 aromatic heterocycles. The Kier molecular flexibility index (Phi) is 5.32. The average molecular weight is 403 g/mol. The number of hydrogen-bond donors (Lipinski definition) is 0. The Balaban J connectivity index is 1.75. The summed E-state index contributed by atoms with van der Waals surface area (Å²) in [6.45, 7) is 1.93. The van der Waals surface area contributed by atoms with Gasteiger partial charge >= 0.3 is 0 Å². The van der Waals surface area contributed by atoms with E-state index in [0.717, 1.165) is 23.2 Å². The Morgan fingerprint density at radius 1 is 0.793 bits per heavy atom. The van der Waals surface area contributed by atoms with Gasteiger partial charge in [0.25, 0.3) is 10.0 Å². The molecule has 5 heteroatoms. The molecule has 0 amide bonds. The maximum Gasteiger partial charge on any atom is 0.283 e. The summed E-state index contributed by atoms with van der Waals surface area (Å²) in [5.74, 6) is 0. The molecular formula is C24H22N2O2S. The van der Waals surface area contributed by atoms with Crippen LogP contribution >= 0.6 is 0 Å². The van der Waals surface area contributed by atoms with Gasteiger partial charge in [-0.15, -0.1) is 0 Å². The Morgan fingerprint density at radius 3 is 2.07 bits per heavy atom. The van der Waals surface area contributed by atoms with Crippen LogP contribution in [-0.2, 0) is 22.9 Å². The van der Waals surface area contributed by atoms with Crippen molar-refractivity contribution in [3.63, 3.8) is 0 Å². The molecule has 0 N–H and O–H groups in total. The Hall–Kier alpha value is -3.18. The van der Waals surface area contributed by atoms with Crippen LogP contribution in [0.1, 0.15) is 16.8 Å². The van der Waals surface area contributed by atoms with Crippen molar-refractivity contribution in [3.8, 4) is 11.3 Å². The highest BCUT2D eigenvalue weighted by atomic mass is 32.2. The predicted octanol–water partition coefficient (Wildman–Crippen LogP) is 4.88. The van der Waals surface area contributed by atoms with Gasteiger partial charge in [-0.3, -0.25) is 0 Å². The minimum atomic E-state index is -3.79. The molecule has 0 aliphatic heterocycles. The van der Waals surface area contributed by atoms with Gasteiger partial charge in [0.2, 0.25) is 0 Å². The summed E-state index contributed by atoms with van der Waals surface area (Å²) in [4.78, 5) is 0.234. The lowest BCUT2D eigenvalue weighted by atomic mass is 10.1. The van der Waals surface area contributed by atoms with Gasteiger partial charge in [-0.2, -0.15) is 17.6 Å². The molecule has 4 rings (SSSR count). The van der Waals surface area contributed by atoms with Crippen molar-refractivity contribution >= 4 is 10.0 Å². The topological polar surface area (TPSA) is 52.0 Å². The molecule has 0 atom stereocenters. The summed E-state index contributed by atoms with van der Waals surface area (Å²) < 4.78 is 27.8. The molecule has 0 fully saturated rings. The highest BCUT2D eigenvalue weighted by Crippen LogP contribution is 2.26. The first-order valence-electron chi connectivity index (χ1n) is 9.54. The van der Waals surface area contributed by atoms with Gasteiger partial charge in [0, 0.05) is 5.56 Å². The zero-order valence-corrected chi connectivity index (χ0v) is 17.0. The fourth-order valence-corrected chi connectivity index (χ4v) is 4.56. The van der Waals surface area contributed by atoms with Crippen molar-refractivity contribution in [1.29, 1.82) is 0 Å². The summed E-state index contributed by atoms with van der Waals surface area (Å²) >= 11 is 0. The molecular weight excluding hydrogens is 380 g/mol. The molecule has 1 heterocycles. The molecule has 29 heavy (non-hydrogen) atoms. The van der Waals surface area contributed by atoms with Crippen LogP contribution < -0.4 is 0 Å². The Morgan fingerprint density at radius 2 is 1.41 bits per heavy atom. The van der Waals surface area contributed by atoms with E-state index in [4.69, 9.17) is 0 Å². The lowest BCUT2D eigenvalue weighted by molar-refractivity contribution is 0.580. The van der Waals surface area contributed by atoms with Crippen LogP contribution in [0, 0.1) is 6.92 Å². The lowest BCUT2D eigenvalue weighted by Gasteiger charge is -2.09.